The van der Waals surface area contributed by atoms with E-state index < -0.39 is 0 Å². The van der Waals surface area contributed by atoms with Gasteiger partial charge in [0.1, 0.15) is 0 Å². The molecule has 4 heterocycles. The normalized spacial score (nSPS) is 18.1. The maximum absolute atomic E-state index is 4.80. The standard InChI is InChI=1S/C18H20BrN5/c19-15-7-13(8-20-10-15)11-24-6-4-16-14(12-24)9-22-18(23-16)17-3-1-2-5-21-17/h7-10H,1-6,11-12H2. The molecule has 0 atom stereocenters. The summed E-state index contributed by atoms with van der Waals surface area (Å²) >= 11 is 3.49. The van der Waals surface area contributed by atoms with Gasteiger partial charge < -0.3 is 0 Å². The first-order valence-electron chi connectivity index (χ1n) is 8.48. The first-order valence-corrected chi connectivity index (χ1v) is 9.27. The average Bonchev–Trinajstić information content (AvgIpc) is 2.62. The number of nitrogens with zero attached hydrogens (tertiary/aromatic N) is 5. The van der Waals surface area contributed by atoms with Gasteiger partial charge in [-0.25, -0.2) is 9.97 Å². The number of pyridine rings is 1. The summed E-state index contributed by atoms with van der Waals surface area (Å²) < 4.78 is 1.03. The largest absolute Gasteiger partial charge is 0.294 e. The molecule has 6 heteroatoms. The van der Waals surface area contributed by atoms with Crippen molar-refractivity contribution in [2.75, 3.05) is 13.1 Å². The van der Waals surface area contributed by atoms with Gasteiger partial charge in [-0.2, -0.15) is 0 Å². The lowest BCUT2D eigenvalue weighted by Gasteiger charge is -2.28. The van der Waals surface area contributed by atoms with E-state index in [4.69, 9.17) is 4.98 Å². The maximum atomic E-state index is 4.80. The second kappa shape index (κ2) is 7.07. The number of hydrogen-bond donors (Lipinski definition) is 0. The van der Waals surface area contributed by atoms with Crippen molar-refractivity contribution in [1.29, 1.82) is 0 Å². The summed E-state index contributed by atoms with van der Waals surface area (Å²) in [6, 6.07) is 2.13. The summed E-state index contributed by atoms with van der Waals surface area (Å²) in [6.45, 7) is 3.74. The predicted molar refractivity (Wildman–Crippen MR) is 97.0 cm³/mol. The van der Waals surface area contributed by atoms with Crippen LogP contribution in [0.5, 0.6) is 0 Å². The summed E-state index contributed by atoms with van der Waals surface area (Å²) in [7, 11) is 0. The van der Waals surface area contributed by atoms with Crippen molar-refractivity contribution >= 4 is 21.6 Å². The van der Waals surface area contributed by atoms with Gasteiger partial charge in [-0.3, -0.25) is 14.9 Å². The fraction of sp³-hybridized carbons (Fsp3) is 0.444. The van der Waals surface area contributed by atoms with Gasteiger partial charge in [0.25, 0.3) is 0 Å². The Bertz CT molecular complexity index is 774. The number of halogens is 1. The summed E-state index contributed by atoms with van der Waals surface area (Å²) in [5.41, 5.74) is 4.75. The molecule has 0 aliphatic carbocycles. The van der Waals surface area contributed by atoms with Gasteiger partial charge in [-0.1, -0.05) is 0 Å². The Kier molecular flexibility index (Phi) is 4.67. The quantitative estimate of drug-likeness (QED) is 0.813. The summed E-state index contributed by atoms with van der Waals surface area (Å²) in [5, 5.41) is 0. The summed E-state index contributed by atoms with van der Waals surface area (Å²) in [5.74, 6) is 0.845. The minimum absolute atomic E-state index is 0.845. The second-order valence-corrected chi connectivity index (χ2v) is 7.34. The Labute approximate surface area is 150 Å². The van der Waals surface area contributed by atoms with Crippen LogP contribution in [0.4, 0.5) is 0 Å². The molecule has 2 aliphatic rings. The highest BCUT2D eigenvalue weighted by Gasteiger charge is 2.20. The highest BCUT2D eigenvalue weighted by atomic mass is 79.9. The van der Waals surface area contributed by atoms with Gasteiger partial charge in [0.05, 0.1) is 11.4 Å². The average molecular weight is 386 g/mol. The molecule has 0 unspecified atom stereocenters. The van der Waals surface area contributed by atoms with Crippen molar-refractivity contribution in [1.82, 2.24) is 19.9 Å². The number of hydrogen-bond acceptors (Lipinski definition) is 5. The van der Waals surface area contributed by atoms with Gasteiger partial charge >= 0.3 is 0 Å². The van der Waals surface area contributed by atoms with E-state index in [2.05, 4.69) is 41.9 Å². The van der Waals surface area contributed by atoms with Crippen LogP contribution in [0.25, 0.3) is 0 Å². The van der Waals surface area contributed by atoms with Gasteiger partial charge in [-0.15, -0.1) is 0 Å². The lowest BCUT2D eigenvalue weighted by Crippen LogP contribution is -2.31. The van der Waals surface area contributed by atoms with Gasteiger partial charge in [-0.05, 0) is 46.8 Å². The van der Waals surface area contributed by atoms with E-state index in [1.165, 1.54) is 29.7 Å². The number of rotatable bonds is 3. The molecule has 2 aromatic heterocycles. The molecule has 0 bridgehead atoms. The van der Waals surface area contributed by atoms with Crippen LogP contribution in [-0.4, -0.2) is 38.7 Å². The SMILES string of the molecule is Brc1cncc(CN2CCc3nc(C4=NCCCC4)ncc3C2)c1. The predicted octanol–water partition coefficient (Wildman–Crippen LogP) is 3.17. The summed E-state index contributed by atoms with van der Waals surface area (Å²) in [6.07, 6.45) is 10.1. The first kappa shape index (κ1) is 15.8. The zero-order valence-electron chi connectivity index (χ0n) is 13.6. The minimum atomic E-state index is 0.845. The van der Waals surface area contributed by atoms with Crippen molar-refractivity contribution in [2.24, 2.45) is 4.99 Å². The number of fused-ring (bicyclic) bond motifs is 1. The molecule has 2 aliphatic heterocycles. The van der Waals surface area contributed by atoms with Gasteiger partial charge in [0.15, 0.2) is 5.82 Å². The van der Waals surface area contributed by atoms with E-state index in [0.717, 1.165) is 55.0 Å². The fourth-order valence-corrected chi connectivity index (χ4v) is 3.74. The van der Waals surface area contributed by atoms with Crippen molar-refractivity contribution in [3.63, 3.8) is 0 Å². The lowest BCUT2D eigenvalue weighted by molar-refractivity contribution is 0.242. The third-order valence-corrected chi connectivity index (χ3v) is 5.00. The topological polar surface area (TPSA) is 54.3 Å². The first-order chi connectivity index (χ1) is 11.8. The van der Waals surface area contributed by atoms with Crippen LogP contribution >= 0.6 is 15.9 Å². The molecular weight excluding hydrogens is 366 g/mol. The molecule has 0 saturated carbocycles. The molecule has 4 rings (SSSR count). The van der Waals surface area contributed by atoms with Crippen LogP contribution in [0.15, 0.2) is 34.1 Å². The molecule has 0 spiro atoms. The van der Waals surface area contributed by atoms with Crippen LogP contribution in [0, 0.1) is 0 Å². The molecule has 2 aromatic rings. The number of aromatic nitrogens is 3. The molecule has 124 valence electrons. The van der Waals surface area contributed by atoms with E-state index >= 15 is 0 Å². The summed E-state index contributed by atoms with van der Waals surface area (Å²) in [4.78, 5) is 20.7. The molecule has 0 aromatic carbocycles. The minimum Gasteiger partial charge on any atom is -0.294 e. The molecule has 0 amide bonds. The highest BCUT2D eigenvalue weighted by molar-refractivity contribution is 9.10. The van der Waals surface area contributed by atoms with Gasteiger partial charge in [0, 0.05) is 61.2 Å². The fourth-order valence-electron chi connectivity index (χ4n) is 3.33. The molecule has 5 nitrogen and oxygen atoms in total. The van der Waals surface area contributed by atoms with Crippen LogP contribution < -0.4 is 0 Å². The van der Waals surface area contributed by atoms with E-state index in [9.17, 15) is 0 Å². The van der Waals surface area contributed by atoms with E-state index in [0.29, 0.717) is 0 Å². The molecule has 0 saturated heterocycles. The van der Waals surface area contributed by atoms with Crippen LogP contribution in [0.1, 0.15) is 41.9 Å². The Balaban J connectivity index is 1.48. The zero-order valence-corrected chi connectivity index (χ0v) is 15.2. The van der Waals surface area contributed by atoms with Crippen LogP contribution in [0.2, 0.25) is 0 Å². The third-order valence-electron chi connectivity index (χ3n) is 4.56. The number of aliphatic imine (C=N–C) groups is 1. The second-order valence-electron chi connectivity index (χ2n) is 6.42. The molecule has 0 radical (unpaired) electrons. The Hall–Kier alpha value is -1.66. The monoisotopic (exact) mass is 385 g/mol. The molecule has 0 N–H and O–H groups in total. The van der Waals surface area contributed by atoms with Crippen molar-refractivity contribution in [3.05, 3.63) is 51.8 Å². The Morgan fingerprint density at radius 1 is 1.12 bits per heavy atom. The van der Waals surface area contributed by atoms with Gasteiger partial charge in [0.2, 0.25) is 0 Å². The Morgan fingerprint density at radius 2 is 2.08 bits per heavy atom. The van der Waals surface area contributed by atoms with E-state index in [-0.39, 0.29) is 0 Å². The molecule has 0 fully saturated rings. The lowest BCUT2D eigenvalue weighted by atomic mass is 10.1. The maximum Gasteiger partial charge on any atom is 0.173 e. The van der Waals surface area contributed by atoms with Crippen LogP contribution in [-0.2, 0) is 19.5 Å². The molecule has 24 heavy (non-hydrogen) atoms. The third kappa shape index (κ3) is 3.54. The van der Waals surface area contributed by atoms with Crippen molar-refractivity contribution < 1.29 is 0 Å². The Morgan fingerprint density at radius 3 is 2.92 bits per heavy atom. The van der Waals surface area contributed by atoms with E-state index in [1.54, 1.807) is 0 Å². The van der Waals surface area contributed by atoms with Crippen molar-refractivity contribution in [3.8, 4) is 0 Å². The highest BCUT2D eigenvalue weighted by Crippen LogP contribution is 2.20. The molecular formula is C18H20BrN5. The van der Waals surface area contributed by atoms with E-state index in [1.807, 2.05) is 18.6 Å². The van der Waals surface area contributed by atoms with Crippen LogP contribution in [0.3, 0.4) is 0 Å². The zero-order chi connectivity index (χ0) is 16.4. The smallest absolute Gasteiger partial charge is 0.173 e. The van der Waals surface area contributed by atoms with Crippen molar-refractivity contribution in [2.45, 2.75) is 38.8 Å².